The van der Waals surface area contributed by atoms with E-state index in [1.54, 1.807) is 14.2 Å². The molecule has 2 nitrogen and oxygen atoms in total. The van der Waals surface area contributed by atoms with Crippen molar-refractivity contribution in [3.8, 4) is 11.5 Å². The van der Waals surface area contributed by atoms with Crippen LogP contribution < -0.4 is 9.47 Å². The van der Waals surface area contributed by atoms with Crippen molar-refractivity contribution >= 4 is 0 Å². The zero-order chi connectivity index (χ0) is 14.3. The predicted molar refractivity (Wildman–Crippen MR) is 81.0 cm³/mol. The predicted octanol–water partition coefficient (Wildman–Crippen LogP) is 4.40. The number of benzene rings is 1. The molecule has 0 amide bonds. The van der Waals surface area contributed by atoms with Crippen molar-refractivity contribution in [1.82, 2.24) is 0 Å². The van der Waals surface area contributed by atoms with E-state index in [4.69, 9.17) is 9.47 Å². The van der Waals surface area contributed by atoms with Gasteiger partial charge in [0.15, 0.2) is 11.5 Å². The van der Waals surface area contributed by atoms with Crippen LogP contribution in [-0.2, 0) is 6.42 Å². The van der Waals surface area contributed by atoms with Gasteiger partial charge in [0, 0.05) is 0 Å². The van der Waals surface area contributed by atoms with Gasteiger partial charge in [0.25, 0.3) is 0 Å². The van der Waals surface area contributed by atoms with E-state index < -0.39 is 0 Å². The SMILES string of the molecule is COc1ccc(C/C=C/C(C)C=C(C)C)cc1OC. The van der Waals surface area contributed by atoms with Crippen LogP contribution in [0.3, 0.4) is 0 Å². The summed E-state index contributed by atoms with van der Waals surface area (Å²) in [4.78, 5) is 0. The number of allylic oxidation sites excluding steroid dienone is 4. The number of rotatable bonds is 6. The van der Waals surface area contributed by atoms with Crippen LogP contribution in [-0.4, -0.2) is 14.2 Å². The molecular weight excluding hydrogens is 236 g/mol. The third-order valence-electron chi connectivity index (χ3n) is 2.84. The van der Waals surface area contributed by atoms with Crippen LogP contribution in [0.4, 0.5) is 0 Å². The maximum absolute atomic E-state index is 5.30. The second-order valence-corrected chi connectivity index (χ2v) is 4.92. The molecule has 1 atom stereocenters. The van der Waals surface area contributed by atoms with Crippen LogP contribution in [0.25, 0.3) is 0 Å². The summed E-state index contributed by atoms with van der Waals surface area (Å²) in [6.07, 6.45) is 7.58. The summed E-state index contributed by atoms with van der Waals surface area (Å²) in [6, 6.07) is 6.04. The van der Waals surface area contributed by atoms with Gasteiger partial charge in [0.1, 0.15) is 0 Å². The fourth-order valence-corrected chi connectivity index (χ4v) is 2.01. The average Bonchev–Trinajstić information content (AvgIpc) is 2.37. The summed E-state index contributed by atoms with van der Waals surface area (Å²) in [6.45, 7) is 6.44. The molecule has 0 radical (unpaired) electrons. The quantitative estimate of drug-likeness (QED) is 0.706. The van der Waals surface area contributed by atoms with Crippen LogP contribution >= 0.6 is 0 Å². The minimum atomic E-state index is 0.477. The summed E-state index contributed by atoms with van der Waals surface area (Å²) in [5.41, 5.74) is 2.57. The minimum absolute atomic E-state index is 0.477. The van der Waals surface area contributed by atoms with E-state index in [9.17, 15) is 0 Å². The van der Waals surface area contributed by atoms with Crippen molar-refractivity contribution in [3.63, 3.8) is 0 Å². The molecule has 0 saturated heterocycles. The van der Waals surface area contributed by atoms with Gasteiger partial charge in [-0.3, -0.25) is 0 Å². The Balaban J connectivity index is 2.68. The lowest BCUT2D eigenvalue weighted by atomic mass is 10.1. The highest BCUT2D eigenvalue weighted by Gasteiger charge is 2.03. The van der Waals surface area contributed by atoms with Gasteiger partial charge >= 0.3 is 0 Å². The van der Waals surface area contributed by atoms with Gasteiger partial charge in [-0.15, -0.1) is 0 Å². The van der Waals surface area contributed by atoms with E-state index in [1.807, 2.05) is 12.1 Å². The van der Waals surface area contributed by atoms with Gasteiger partial charge in [-0.05, 0) is 43.9 Å². The summed E-state index contributed by atoms with van der Waals surface area (Å²) in [7, 11) is 3.31. The molecule has 0 saturated carbocycles. The Morgan fingerprint density at radius 2 is 1.84 bits per heavy atom. The molecule has 1 aromatic carbocycles. The molecule has 0 heterocycles. The average molecular weight is 260 g/mol. The normalized spacial score (nSPS) is 12.3. The summed E-state index contributed by atoms with van der Waals surface area (Å²) in [5.74, 6) is 2.03. The standard InChI is InChI=1S/C17H24O2/c1-13(2)11-14(3)7-6-8-15-9-10-16(18-4)17(12-15)19-5/h6-7,9-12,14H,8H2,1-5H3/b7-6+. The van der Waals surface area contributed by atoms with Crippen LogP contribution in [0.2, 0.25) is 0 Å². The Kier molecular flexibility index (Phi) is 6.20. The van der Waals surface area contributed by atoms with E-state index in [1.165, 1.54) is 11.1 Å². The number of hydrogen-bond donors (Lipinski definition) is 0. The molecule has 0 aliphatic rings. The Morgan fingerprint density at radius 1 is 1.16 bits per heavy atom. The van der Waals surface area contributed by atoms with E-state index in [2.05, 4.69) is 45.1 Å². The number of hydrogen-bond acceptors (Lipinski definition) is 2. The summed E-state index contributed by atoms with van der Waals surface area (Å²) in [5, 5.41) is 0. The summed E-state index contributed by atoms with van der Waals surface area (Å²) >= 11 is 0. The Morgan fingerprint density at radius 3 is 2.42 bits per heavy atom. The molecule has 104 valence electrons. The maximum atomic E-state index is 5.30. The molecule has 0 N–H and O–H groups in total. The lowest BCUT2D eigenvalue weighted by molar-refractivity contribution is 0.354. The van der Waals surface area contributed by atoms with E-state index in [0.29, 0.717) is 5.92 Å². The molecule has 0 aliphatic carbocycles. The molecule has 0 aromatic heterocycles. The van der Waals surface area contributed by atoms with Gasteiger partial charge < -0.3 is 9.47 Å². The topological polar surface area (TPSA) is 18.5 Å². The van der Waals surface area contributed by atoms with Crippen LogP contribution in [0.1, 0.15) is 26.3 Å². The molecule has 0 spiro atoms. The van der Waals surface area contributed by atoms with Crippen molar-refractivity contribution in [1.29, 1.82) is 0 Å². The third-order valence-corrected chi connectivity index (χ3v) is 2.84. The monoisotopic (exact) mass is 260 g/mol. The molecule has 0 aliphatic heterocycles. The molecule has 1 unspecified atom stereocenters. The van der Waals surface area contributed by atoms with E-state index >= 15 is 0 Å². The van der Waals surface area contributed by atoms with E-state index in [-0.39, 0.29) is 0 Å². The maximum Gasteiger partial charge on any atom is 0.160 e. The first-order valence-electron chi connectivity index (χ1n) is 6.59. The number of methoxy groups -OCH3 is 2. The largest absolute Gasteiger partial charge is 0.493 e. The molecule has 0 fully saturated rings. The van der Waals surface area contributed by atoms with Crippen molar-refractivity contribution in [2.75, 3.05) is 14.2 Å². The van der Waals surface area contributed by atoms with Gasteiger partial charge in [-0.1, -0.05) is 36.8 Å². The van der Waals surface area contributed by atoms with Crippen molar-refractivity contribution in [3.05, 3.63) is 47.6 Å². The Hall–Kier alpha value is -1.70. The zero-order valence-electron chi connectivity index (χ0n) is 12.6. The van der Waals surface area contributed by atoms with Crippen molar-refractivity contribution < 1.29 is 9.47 Å². The zero-order valence-corrected chi connectivity index (χ0v) is 12.6. The lowest BCUT2D eigenvalue weighted by Crippen LogP contribution is -1.92. The lowest BCUT2D eigenvalue weighted by Gasteiger charge is -2.08. The van der Waals surface area contributed by atoms with Gasteiger partial charge in [0.05, 0.1) is 14.2 Å². The Labute approximate surface area is 116 Å². The van der Waals surface area contributed by atoms with Crippen molar-refractivity contribution in [2.45, 2.75) is 27.2 Å². The fourth-order valence-electron chi connectivity index (χ4n) is 2.01. The molecule has 0 bridgehead atoms. The first kappa shape index (κ1) is 15.4. The molecule has 2 heteroatoms. The molecule has 1 aromatic rings. The second kappa shape index (κ2) is 7.67. The highest BCUT2D eigenvalue weighted by Crippen LogP contribution is 2.27. The molecular formula is C17H24O2. The van der Waals surface area contributed by atoms with Crippen LogP contribution in [0.15, 0.2) is 42.0 Å². The fraction of sp³-hybridized carbons (Fsp3) is 0.412. The molecule has 19 heavy (non-hydrogen) atoms. The van der Waals surface area contributed by atoms with Crippen LogP contribution in [0, 0.1) is 5.92 Å². The summed E-state index contributed by atoms with van der Waals surface area (Å²) < 4.78 is 10.5. The first-order chi connectivity index (χ1) is 9.06. The Bertz CT molecular complexity index is 454. The second-order valence-electron chi connectivity index (χ2n) is 4.92. The van der Waals surface area contributed by atoms with Crippen molar-refractivity contribution in [2.24, 2.45) is 5.92 Å². The van der Waals surface area contributed by atoms with Gasteiger partial charge in [-0.2, -0.15) is 0 Å². The van der Waals surface area contributed by atoms with Gasteiger partial charge in [-0.25, -0.2) is 0 Å². The minimum Gasteiger partial charge on any atom is -0.493 e. The molecule has 1 rings (SSSR count). The highest BCUT2D eigenvalue weighted by atomic mass is 16.5. The third kappa shape index (κ3) is 5.21. The number of ether oxygens (including phenoxy) is 2. The van der Waals surface area contributed by atoms with Gasteiger partial charge in [0.2, 0.25) is 0 Å². The first-order valence-corrected chi connectivity index (χ1v) is 6.59. The van der Waals surface area contributed by atoms with Crippen LogP contribution in [0.5, 0.6) is 11.5 Å². The van der Waals surface area contributed by atoms with E-state index in [0.717, 1.165) is 17.9 Å². The smallest absolute Gasteiger partial charge is 0.160 e. The highest BCUT2D eigenvalue weighted by molar-refractivity contribution is 5.43.